The molecule has 1 N–H and O–H groups in total. The van der Waals surface area contributed by atoms with E-state index in [-0.39, 0.29) is 11.9 Å². The lowest BCUT2D eigenvalue weighted by atomic mass is 10.1. The number of ether oxygens (including phenoxy) is 1. The monoisotopic (exact) mass is 432 g/mol. The van der Waals surface area contributed by atoms with Gasteiger partial charge in [0.25, 0.3) is 0 Å². The van der Waals surface area contributed by atoms with E-state index in [0.29, 0.717) is 18.7 Å². The van der Waals surface area contributed by atoms with Gasteiger partial charge in [-0.05, 0) is 48.4 Å². The normalized spacial score (nSPS) is 14.8. The minimum atomic E-state index is -0.373. The summed E-state index contributed by atoms with van der Waals surface area (Å²) in [5.41, 5.74) is 3.44. The fourth-order valence-electron chi connectivity index (χ4n) is 3.48. The van der Waals surface area contributed by atoms with E-state index in [1.807, 2.05) is 48.5 Å². The predicted octanol–water partition coefficient (Wildman–Crippen LogP) is 2.89. The minimum Gasteiger partial charge on any atom is -0.463 e. The molecule has 3 rings (SSSR count). The fraction of sp³-hybridized carbons (Fsp3) is 0.320. The Morgan fingerprint density at radius 1 is 1.03 bits per heavy atom. The molecule has 0 aliphatic carbocycles. The lowest BCUT2D eigenvalue weighted by Crippen LogP contribution is -2.48. The Labute approximate surface area is 188 Å². The first-order chi connectivity index (χ1) is 15.6. The molecule has 1 heterocycles. The van der Waals surface area contributed by atoms with Crippen molar-refractivity contribution in [1.82, 2.24) is 9.80 Å². The number of nitrogens with zero attached hydrogens (tertiary/aromatic N) is 3. The fourth-order valence-corrected chi connectivity index (χ4v) is 3.48. The topological polar surface area (TPSA) is 85.7 Å². The molecule has 7 nitrogen and oxygen atoms in total. The molecular formula is C25H28N4O3. The molecule has 2 aromatic carbocycles. The van der Waals surface area contributed by atoms with E-state index in [4.69, 9.17) is 10.00 Å². The van der Waals surface area contributed by atoms with Crippen LogP contribution in [0.15, 0.2) is 54.6 Å². The van der Waals surface area contributed by atoms with Crippen molar-refractivity contribution in [3.63, 3.8) is 0 Å². The molecule has 1 fully saturated rings. The third kappa shape index (κ3) is 7.34. The van der Waals surface area contributed by atoms with Crippen LogP contribution in [0.2, 0.25) is 0 Å². The maximum Gasteiger partial charge on any atom is 0.330 e. The highest BCUT2D eigenvalue weighted by molar-refractivity contribution is 5.92. The van der Waals surface area contributed by atoms with Gasteiger partial charge >= 0.3 is 5.97 Å². The van der Waals surface area contributed by atoms with Crippen molar-refractivity contribution in [2.45, 2.75) is 13.5 Å². The summed E-state index contributed by atoms with van der Waals surface area (Å²) in [7, 11) is 0. The van der Waals surface area contributed by atoms with Gasteiger partial charge in [0.05, 0.1) is 24.8 Å². The molecule has 0 saturated carbocycles. The number of amides is 1. The predicted molar refractivity (Wildman–Crippen MR) is 124 cm³/mol. The SMILES string of the molecule is CCOC(=O)C=Cc1ccc(NC(=O)CN2CCN(Cc3ccc(C#N)cc3)CC2)cc1. The summed E-state index contributed by atoms with van der Waals surface area (Å²) in [4.78, 5) is 28.3. The second-order valence-corrected chi connectivity index (χ2v) is 7.62. The van der Waals surface area contributed by atoms with Crippen LogP contribution in [0.4, 0.5) is 5.69 Å². The lowest BCUT2D eigenvalue weighted by Gasteiger charge is -2.34. The summed E-state index contributed by atoms with van der Waals surface area (Å²) in [6, 6.07) is 17.1. The van der Waals surface area contributed by atoms with Gasteiger partial charge in [-0.3, -0.25) is 14.6 Å². The zero-order valence-corrected chi connectivity index (χ0v) is 18.3. The molecule has 7 heteroatoms. The molecule has 166 valence electrons. The molecule has 0 atom stereocenters. The maximum atomic E-state index is 12.4. The van der Waals surface area contributed by atoms with Gasteiger partial charge < -0.3 is 10.1 Å². The van der Waals surface area contributed by atoms with Crippen molar-refractivity contribution in [2.24, 2.45) is 0 Å². The first-order valence-corrected chi connectivity index (χ1v) is 10.7. The maximum absolute atomic E-state index is 12.4. The van der Waals surface area contributed by atoms with Crippen molar-refractivity contribution in [2.75, 3.05) is 44.6 Å². The first-order valence-electron chi connectivity index (χ1n) is 10.7. The zero-order chi connectivity index (χ0) is 22.8. The Balaban J connectivity index is 1.40. The molecule has 0 spiro atoms. The molecule has 1 saturated heterocycles. The van der Waals surface area contributed by atoms with Gasteiger partial charge in [0.15, 0.2) is 0 Å². The van der Waals surface area contributed by atoms with Crippen LogP contribution in [0.1, 0.15) is 23.6 Å². The Kier molecular flexibility index (Phi) is 8.55. The van der Waals surface area contributed by atoms with Crippen LogP contribution in [0.25, 0.3) is 6.08 Å². The lowest BCUT2D eigenvalue weighted by molar-refractivity contribution is -0.137. The van der Waals surface area contributed by atoms with Crippen LogP contribution in [0, 0.1) is 11.3 Å². The van der Waals surface area contributed by atoms with Crippen LogP contribution >= 0.6 is 0 Å². The summed E-state index contributed by atoms with van der Waals surface area (Å²) < 4.78 is 4.86. The van der Waals surface area contributed by atoms with Crippen molar-refractivity contribution >= 4 is 23.6 Å². The van der Waals surface area contributed by atoms with E-state index in [2.05, 4.69) is 21.2 Å². The number of nitrogens with one attached hydrogen (secondary N) is 1. The molecule has 0 unspecified atom stereocenters. The number of hydrogen-bond acceptors (Lipinski definition) is 6. The highest BCUT2D eigenvalue weighted by atomic mass is 16.5. The van der Waals surface area contributed by atoms with Crippen LogP contribution in [0.5, 0.6) is 0 Å². The summed E-state index contributed by atoms with van der Waals surface area (Å²) in [6.45, 7) is 6.78. The van der Waals surface area contributed by atoms with Gasteiger partial charge in [-0.1, -0.05) is 24.3 Å². The molecule has 0 radical (unpaired) electrons. The number of esters is 1. The van der Waals surface area contributed by atoms with E-state index in [9.17, 15) is 9.59 Å². The number of nitriles is 1. The largest absolute Gasteiger partial charge is 0.463 e. The standard InChI is InChI=1S/C25H28N4O3/c1-2-32-25(31)12-9-20-7-10-23(11-8-20)27-24(30)19-29-15-13-28(14-16-29)18-22-5-3-21(17-26)4-6-22/h3-12H,2,13-16,18-19H2,1H3,(H,27,30). The summed E-state index contributed by atoms with van der Waals surface area (Å²) in [5.74, 6) is -0.415. The van der Waals surface area contributed by atoms with Gasteiger partial charge in [0.1, 0.15) is 0 Å². The van der Waals surface area contributed by atoms with Crippen LogP contribution in [-0.2, 0) is 20.9 Å². The number of anilines is 1. The number of benzene rings is 2. The highest BCUT2D eigenvalue weighted by Gasteiger charge is 2.19. The van der Waals surface area contributed by atoms with Gasteiger partial charge in [-0.2, -0.15) is 5.26 Å². The second-order valence-electron chi connectivity index (χ2n) is 7.62. The van der Waals surface area contributed by atoms with E-state index < -0.39 is 0 Å². The van der Waals surface area contributed by atoms with E-state index >= 15 is 0 Å². The number of carbonyl (C=O) groups excluding carboxylic acids is 2. The Hall–Kier alpha value is -3.47. The number of carbonyl (C=O) groups is 2. The molecule has 1 amide bonds. The molecule has 1 aliphatic heterocycles. The third-order valence-electron chi connectivity index (χ3n) is 5.21. The number of piperazine rings is 1. The van der Waals surface area contributed by atoms with Crippen LogP contribution in [-0.4, -0.2) is 61.0 Å². The Morgan fingerprint density at radius 3 is 2.31 bits per heavy atom. The molecule has 0 aromatic heterocycles. The van der Waals surface area contributed by atoms with Crippen molar-refractivity contribution in [3.05, 3.63) is 71.3 Å². The number of rotatable bonds is 8. The molecule has 1 aliphatic rings. The average molecular weight is 433 g/mol. The molecule has 32 heavy (non-hydrogen) atoms. The van der Waals surface area contributed by atoms with Crippen molar-refractivity contribution in [3.8, 4) is 6.07 Å². The van der Waals surface area contributed by atoms with Crippen LogP contribution < -0.4 is 5.32 Å². The van der Waals surface area contributed by atoms with E-state index in [0.717, 1.165) is 44.0 Å². The number of hydrogen-bond donors (Lipinski definition) is 1. The Morgan fingerprint density at radius 2 is 1.69 bits per heavy atom. The molecule has 0 bridgehead atoms. The third-order valence-corrected chi connectivity index (χ3v) is 5.21. The zero-order valence-electron chi connectivity index (χ0n) is 18.3. The van der Waals surface area contributed by atoms with E-state index in [1.54, 1.807) is 13.0 Å². The molecular weight excluding hydrogens is 404 g/mol. The van der Waals surface area contributed by atoms with Crippen LogP contribution in [0.3, 0.4) is 0 Å². The molecule has 2 aromatic rings. The Bertz CT molecular complexity index is 970. The van der Waals surface area contributed by atoms with Gasteiger partial charge in [0, 0.05) is 44.5 Å². The summed E-state index contributed by atoms with van der Waals surface area (Å²) >= 11 is 0. The smallest absolute Gasteiger partial charge is 0.330 e. The van der Waals surface area contributed by atoms with Gasteiger partial charge in [-0.25, -0.2) is 4.79 Å². The second kappa shape index (κ2) is 11.8. The van der Waals surface area contributed by atoms with Crippen molar-refractivity contribution in [1.29, 1.82) is 5.26 Å². The van der Waals surface area contributed by atoms with E-state index in [1.165, 1.54) is 11.6 Å². The van der Waals surface area contributed by atoms with Gasteiger partial charge in [-0.15, -0.1) is 0 Å². The minimum absolute atomic E-state index is 0.0413. The summed E-state index contributed by atoms with van der Waals surface area (Å²) in [6.07, 6.45) is 3.07. The van der Waals surface area contributed by atoms with Crippen molar-refractivity contribution < 1.29 is 14.3 Å². The first kappa shape index (κ1) is 23.2. The van der Waals surface area contributed by atoms with Gasteiger partial charge in [0.2, 0.25) is 5.91 Å². The average Bonchev–Trinajstić information content (AvgIpc) is 2.80. The highest BCUT2D eigenvalue weighted by Crippen LogP contribution is 2.12. The quantitative estimate of drug-likeness (QED) is 0.510. The summed E-state index contributed by atoms with van der Waals surface area (Å²) in [5, 5.41) is 11.8.